The van der Waals surface area contributed by atoms with E-state index in [1.165, 1.54) is 0 Å². The molecule has 0 radical (unpaired) electrons. The Morgan fingerprint density at radius 2 is 2.20 bits per heavy atom. The number of ketones is 1. The molecule has 0 N–H and O–H groups in total. The van der Waals surface area contributed by atoms with Crippen molar-refractivity contribution >= 4 is 17.4 Å². The van der Waals surface area contributed by atoms with E-state index in [1.807, 2.05) is 6.92 Å². The smallest absolute Gasteiger partial charge is 0.140 e. The normalized spacial score (nSPS) is 30.3. The van der Waals surface area contributed by atoms with Gasteiger partial charge in [0.15, 0.2) is 0 Å². The third-order valence-corrected chi connectivity index (χ3v) is 3.91. The maximum atomic E-state index is 12.1. The molecule has 0 aromatic carbocycles. The minimum atomic E-state index is -0.0336. The Morgan fingerprint density at radius 3 is 2.73 bits per heavy atom. The molecule has 1 nitrogen and oxygen atoms in total. The third-order valence-electron chi connectivity index (χ3n) is 3.42. The number of hydrogen-bond acceptors (Lipinski definition) is 1. The van der Waals surface area contributed by atoms with Gasteiger partial charge in [-0.3, -0.25) is 4.79 Å². The van der Waals surface area contributed by atoms with E-state index in [1.54, 1.807) is 0 Å². The van der Waals surface area contributed by atoms with Gasteiger partial charge in [-0.05, 0) is 30.3 Å². The molecule has 0 aromatic rings. The molecule has 0 amide bonds. The number of halogens is 1. The summed E-state index contributed by atoms with van der Waals surface area (Å²) >= 11 is 6.18. The van der Waals surface area contributed by atoms with Crippen LogP contribution >= 0.6 is 11.6 Å². The lowest BCUT2D eigenvalue weighted by molar-refractivity contribution is -0.125. The van der Waals surface area contributed by atoms with E-state index in [9.17, 15) is 4.79 Å². The van der Waals surface area contributed by atoms with Crippen LogP contribution in [-0.2, 0) is 4.79 Å². The Bertz CT molecular complexity index is 268. The van der Waals surface area contributed by atoms with Crippen molar-refractivity contribution in [1.29, 1.82) is 0 Å². The second kappa shape index (κ2) is 4.69. The van der Waals surface area contributed by atoms with Gasteiger partial charge in [0.1, 0.15) is 5.78 Å². The highest BCUT2D eigenvalue weighted by atomic mass is 35.5. The second-order valence-corrected chi connectivity index (χ2v) is 5.75. The zero-order chi connectivity index (χ0) is 11.6. The number of carbonyl (C=O) groups excluding carboxylic acids is 1. The summed E-state index contributed by atoms with van der Waals surface area (Å²) in [6, 6.07) is 0. The Morgan fingerprint density at radius 1 is 1.60 bits per heavy atom. The first kappa shape index (κ1) is 12.8. The lowest BCUT2D eigenvalue weighted by Crippen LogP contribution is -2.39. The Labute approximate surface area is 97.9 Å². The predicted molar refractivity (Wildman–Crippen MR) is 65.2 cm³/mol. The summed E-state index contributed by atoms with van der Waals surface area (Å²) in [6.07, 6.45) is 3.52. The van der Waals surface area contributed by atoms with Crippen LogP contribution in [0.3, 0.4) is 0 Å². The molecule has 0 heterocycles. The summed E-state index contributed by atoms with van der Waals surface area (Å²) in [4.78, 5) is 12.1. The highest BCUT2D eigenvalue weighted by molar-refractivity contribution is 6.22. The van der Waals surface area contributed by atoms with Crippen LogP contribution in [-0.4, -0.2) is 11.2 Å². The van der Waals surface area contributed by atoms with Gasteiger partial charge in [-0.2, -0.15) is 0 Å². The molecule has 2 unspecified atom stereocenters. The SMILES string of the molecule is C=C1C(Cl)CCC(C)(C)C1C(=O)CCC. The van der Waals surface area contributed by atoms with E-state index < -0.39 is 0 Å². The van der Waals surface area contributed by atoms with Gasteiger partial charge >= 0.3 is 0 Å². The molecule has 1 aliphatic carbocycles. The molecule has 0 bridgehead atoms. The van der Waals surface area contributed by atoms with Crippen molar-refractivity contribution in [2.75, 3.05) is 0 Å². The molecule has 2 heteroatoms. The molecule has 1 aliphatic rings. The number of hydrogen-bond donors (Lipinski definition) is 0. The van der Waals surface area contributed by atoms with Gasteiger partial charge in [0.2, 0.25) is 0 Å². The van der Waals surface area contributed by atoms with Crippen molar-refractivity contribution in [2.24, 2.45) is 11.3 Å². The highest BCUT2D eigenvalue weighted by Gasteiger charge is 2.41. The molecule has 2 atom stereocenters. The molecule has 86 valence electrons. The number of alkyl halides is 1. The zero-order valence-corrected chi connectivity index (χ0v) is 10.7. The largest absolute Gasteiger partial charge is 0.299 e. The molecule has 1 rings (SSSR count). The number of rotatable bonds is 3. The molecular weight excluding hydrogens is 208 g/mol. The minimum absolute atomic E-state index is 0.0103. The Kier molecular flexibility index (Phi) is 3.99. The van der Waals surface area contributed by atoms with Crippen molar-refractivity contribution < 1.29 is 4.79 Å². The second-order valence-electron chi connectivity index (χ2n) is 5.22. The predicted octanol–water partition coefficient (Wildman–Crippen LogP) is 3.96. The molecule has 1 fully saturated rings. The van der Waals surface area contributed by atoms with Crippen LogP contribution in [0.2, 0.25) is 0 Å². The van der Waals surface area contributed by atoms with Gasteiger partial charge < -0.3 is 0 Å². The standard InChI is InChI=1S/C13H21ClO/c1-5-6-11(15)12-9(2)10(14)7-8-13(12,3)4/h10,12H,2,5-8H2,1,3-4H3. The van der Waals surface area contributed by atoms with Crippen LogP contribution in [0, 0.1) is 11.3 Å². The highest BCUT2D eigenvalue weighted by Crippen LogP contribution is 2.45. The number of allylic oxidation sites excluding steroid dienone is 1. The summed E-state index contributed by atoms with van der Waals surface area (Å²) in [7, 11) is 0. The molecule has 0 spiro atoms. The fourth-order valence-corrected chi connectivity index (χ4v) is 2.78. The molecule has 1 saturated carbocycles. The van der Waals surface area contributed by atoms with Gasteiger partial charge in [0.25, 0.3) is 0 Å². The fourth-order valence-electron chi connectivity index (χ4n) is 2.54. The molecule has 0 saturated heterocycles. The average molecular weight is 229 g/mol. The van der Waals surface area contributed by atoms with Gasteiger partial charge in [-0.1, -0.05) is 27.4 Å². The quantitative estimate of drug-likeness (QED) is 0.528. The van der Waals surface area contributed by atoms with Crippen molar-refractivity contribution in [2.45, 2.75) is 51.8 Å². The van der Waals surface area contributed by atoms with E-state index in [0.29, 0.717) is 12.2 Å². The molecule has 0 aliphatic heterocycles. The van der Waals surface area contributed by atoms with Crippen molar-refractivity contribution in [3.63, 3.8) is 0 Å². The molecule has 15 heavy (non-hydrogen) atoms. The maximum Gasteiger partial charge on any atom is 0.140 e. The summed E-state index contributed by atoms with van der Waals surface area (Å²) in [5.41, 5.74) is 0.973. The van der Waals surface area contributed by atoms with Crippen molar-refractivity contribution in [3.05, 3.63) is 12.2 Å². The maximum absolute atomic E-state index is 12.1. The fraction of sp³-hybridized carbons (Fsp3) is 0.769. The number of carbonyl (C=O) groups is 1. The van der Waals surface area contributed by atoms with Crippen molar-refractivity contribution in [3.8, 4) is 0 Å². The topological polar surface area (TPSA) is 17.1 Å². The summed E-state index contributed by atoms with van der Waals surface area (Å²) < 4.78 is 0. The van der Waals surface area contributed by atoms with Crippen molar-refractivity contribution in [1.82, 2.24) is 0 Å². The van der Waals surface area contributed by atoms with E-state index in [0.717, 1.165) is 24.8 Å². The van der Waals surface area contributed by atoms with E-state index in [2.05, 4.69) is 20.4 Å². The molecular formula is C13H21ClO. The van der Waals surface area contributed by atoms with Crippen LogP contribution in [0.5, 0.6) is 0 Å². The van der Waals surface area contributed by atoms with E-state index >= 15 is 0 Å². The summed E-state index contributed by atoms with van der Waals surface area (Å²) in [6.45, 7) is 10.4. The zero-order valence-electron chi connectivity index (χ0n) is 9.98. The summed E-state index contributed by atoms with van der Waals surface area (Å²) in [5, 5.41) is -0.0103. The lowest BCUT2D eigenvalue weighted by Gasteiger charge is -2.41. The third kappa shape index (κ3) is 2.63. The van der Waals surface area contributed by atoms with E-state index in [-0.39, 0.29) is 16.7 Å². The van der Waals surface area contributed by atoms with Crippen LogP contribution in [0.1, 0.15) is 46.5 Å². The average Bonchev–Trinajstić information content (AvgIpc) is 2.12. The van der Waals surface area contributed by atoms with Crippen LogP contribution < -0.4 is 0 Å². The Hall–Kier alpha value is -0.300. The van der Waals surface area contributed by atoms with Gasteiger partial charge in [-0.15, -0.1) is 11.6 Å². The monoisotopic (exact) mass is 228 g/mol. The van der Waals surface area contributed by atoms with Crippen LogP contribution in [0.25, 0.3) is 0 Å². The molecule has 0 aromatic heterocycles. The first-order valence-corrected chi connectivity index (χ1v) is 6.19. The van der Waals surface area contributed by atoms with E-state index in [4.69, 9.17) is 11.6 Å². The van der Waals surface area contributed by atoms with Crippen LogP contribution in [0.4, 0.5) is 0 Å². The van der Waals surface area contributed by atoms with Crippen LogP contribution in [0.15, 0.2) is 12.2 Å². The van der Waals surface area contributed by atoms with Gasteiger partial charge in [0, 0.05) is 12.3 Å². The first-order chi connectivity index (χ1) is 6.90. The van der Waals surface area contributed by atoms with Gasteiger partial charge in [-0.25, -0.2) is 0 Å². The van der Waals surface area contributed by atoms with Gasteiger partial charge in [0.05, 0.1) is 5.38 Å². The summed E-state index contributed by atoms with van der Waals surface area (Å²) in [5.74, 6) is 0.284. The lowest BCUT2D eigenvalue weighted by atomic mass is 9.64. The first-order valence-electron chi connectivity index (χ1n) is 5.75. The number of Topliss-reactive ketones (excluding diaryl/α,β-unsaturated/α-hetero) is 1. The Balaban J connectivity index is 2.88. The minimum Gasteiger partial charge on any atom is -0.299 e.